The molecule has 0 saturated heterocycles. The van der Waals surface area contributed by atoms with Gasteiger partial charge in [-0.05, 0) is 13.0 Å². The summed E-state index contributed by atoms with van der Waals surface area (Å²) in [4.78, 5) is 2.84. The van der Waals surface area contributed by atoms with Gasteiger partial charge in [-0.25, -0.2) is 13.4 Å². The number of hydrogen-bond acceptors (Lipinski definition) is 4. The van der Waals surface area contributed by atoms with E-state index >= 15 is 0 Å². The molecule has 0 unspecified atom stereocenters. The minimum absolute atomic E-state index is 0.0842. The normalized spacial score (nSPS) is 12.6. The van der Waals surface area contributed by atoms with Gasteiger partial charge in [0.15, 0.2) is 0 Å². The Morgan fingerprint density at radius 1 is 1.44 bits per heavy atom. The van der Waals surface area contributed by atoms with Crippen molar-refractivity contribution in [2.24, 2.45) is 0 Å². The molecule has 0 fully saturated rings. The molecule has 0 N–H and O–H groups in total. The molecular formula is C7H5ClF3NO3S. The quantitative estimate of drug-likeness (QED) is 0.777. The molecule has 0 aliphatic heterocycles. The second kappa shape index (κ2) is 4.10. The Bertz CT molecular complexity index is 500. The van der Waals surface area contributed by atoms with Crippen LogP contribution in [0.3, 0.4) is 0 Å². The summed E-state index contributed by atoms with van der Waals surface area (Å²) in [6.45, 7) is 1.22. The SMILES string of the molecule is Cc1cc(S(=O)(=O)Cl)cnc1OC(F)(F)F. The summed E-state index contributed by atoms with van der Waals surface area (Å²) in [6.07, 6.45) is -4.18. The van der Waals surface area contributed by atoms with Crippen LogP contribution in [0.25, 0.3) is 0 Å². The number of ether oxygens (including phenoxy) is 1. The van der Waals surface area contributed by atoms with Gasteiger partial charge in [0.05, 0.1) is 6.20 Å². The molecule has 0 aliphatic rings. The van der Waals surface area contributed by atoms with E-state index in [1.807, 2.05) is 0 Å². The zero-order valence-electron chi connectivity index (χ0n) is 7.75. The van der Waals surface area contributed by atoms with Crippen molar-refractivity contribution < 1.29 is 26.3 Å². The van der Waals surface area contributed by atoms with E-state index in [4.69, 9.17) is 10.7 Å². The zero-order chi connectivity index (χ0) is 12.6. The van der Waals surface area contributed by atoms with Crippen molar-refractivity contribution in [2.75, 3.05) is 0 Å². The van der Waals surface area contributed by atoms with Crippen LogP contribution in [0.4, 0.5) is 13.2 Å². The maximum absolute atomic E-state index is 11.8. The van der Waals surface area contributed by atoms with Crippen molar-refractivity contribution in [2.45, 2.75) is 18.2 Å². The lowest BCUT2D eigenvalue weighted by Gasteiger charge is -2.10. The number of rotatable bonds is 2. The van der Waals surface area contributed by atoms with E-state index in [9.17, 15) is 21.6 Å². The average Bonchev–Trinajstić information content (AvgIpc) is 2.04. The van der Waals surface area contributed by atoms with Gasteiger partial charge < -0.3 is 4.74 Å². The molecule has 9 heteroatoms. The van der Waals surface area contributed by atoms with Crippen molar-refractivity contribution in [3.05, 3.63) is 17.8 Å². The molecule has 1 rings (SSSR count). The van der Waals surface area contributed by atoms with Crippen LogP contribution >= 0.6 is 10.7 Å². The fraction of sp³-hybridized carbons (Fsp3) is 0.286. The molecule has 1 heterocycles. The second-order valence-electron chi connectivity index (χ2n) is 2.78. The predicted octanol–water partition coefficient (Wildman–Crippen LogP) is 2.22. The molecule has 0 aliphatic carbocycles. The highest BCUT2D eigenvalue weighted by Gasteiger charge is 2.32. The summed E-state index contributed by atoms with van der Waals surface area (Å²) in [5.74, 6) is -0.712. The lowest BCUT2D eigenvalue weighted by Crippen LogP contribution is -2.18. The smallest absolute Gasteiger partial charge is 0.388 e. The number of pyridine rings is 1. The lowest BCUT2D eigenvalue weighted by atomic mass is 10.3. The maximum atomic E-state index is 11.8. The first kappa shape index (κ1) is 13.0. The van der Waals surface area contributed by atoms with Gasteiger partial charge in [0.1, 0.15) is 4.90 Å². The van der Waals surface area contributed by atoms with Crippen LogP contribution in [-0.4, -0.2) is 19.8 Å². The van der Waals surface area contributed by atoms with Gasteiger partial charge in [0.2, 0.25) is 5.88 Å². The Labute approximate surface area is 93.4 Å². The Hall–Kier alpha value is -1.02. The molecule has 1 aromatic rings. The molecule has 1 aromatic heterocycles. The van der Waals surface area contributed by atoms with Gasteiger partial charge in [-0.3, -0.25) is 0 Å². The van der Waals surface area contributed by atoms with Crippen LogP contribution in [0, 0.1) is 6.92 Å². The summed E-state index contributed by atoms with van der Waals surface area (Å²) < 4.78 is 60.8. The van der Waals surface area contributed by atoms with Gasteiger partial charge in [-0.1, -0.05) is 0 Å². The molecule has 90 valence electrons. The number of aryl methyl sites for hydroxylation is 1. The van der Waals surface area contributed by atoms with Crippen LogP contribution < -0.4 is 4.74 Å². The Kier molecular flexibility index (Phi) is 3.34. The lowest BCUT2D eigenvalue weighted by molar-refractivity contribution is -0.276. The molecule has 16 heavy (non-hydrogen) atoms. The van der Waals surface area contributed by atoms with E-state index in [1.54, 1.807) is 0 Å². The first-order chi connectivity index (χ1) is 7.09. The third-order valence-corrected chi connectivity index (χ3v) is 2.82. The van der Waals surface area contributed by atoms with Crippen molar-refractivity contribution in [1.82, 2.24) is 4.98 Å². The average molecular weight is 276 g/mol. The summed E-state index contributed by atoms with van der Waals surface area (Å²) in [5, 5.41) is 0. The van der Waals surface area contributed by atoms with Gasteiger partial charge in [-0.2, -0.15) is 0 Å². The van der Waals surface area contributed by atoms with Gasteiger partial charge in [0, 0.05) is 16.2 Å². The van der Waals surface area contributed by atoms with Crippen molar-refractivity contribution >= 4 is 19.7 Å². The number of aromatic nitrogens is 1. The van der Waals surface area contributed by atoms with E-state index in [-0.39, 0.29) is 10.5 Å². The van der Waals surface area contributed by atoms with Crippen LogP contribution in [-0.2, 0) is 9.05 Å². The molecule has 4 nitrogen and oxygen atoms in total. The van der Waals surface area contributed by atoms with E-state index in [0.717, 1.165) is 6.07 Å². The van der Waals surface area contributed by atoms with Crippen molar-refractivity contribution in [3.8, 4) is 5.88 Å². The largest absolute Gasteiger partial charge is 0.574 e. The number of hydrogen-bond donors (Lipinski definition) is 0. The Balaban J connectivity index is 3.11. The number of alkyl halides is 3. The van der Waals surface area contributed by atoms with Crippen LogP contribution in [0.5, 0.6) is 5.88 Å². The third kappa shape index (κ3) is 3.53. The van der Waals surface area contributed by atoms with E-state index < -0.39 is 21.3 Å². The zero-order valence-corrected chi connectivity index (χ0v) is 9.32. The highest BCUT2D eigenvalue weighted by Crippen LogP contribution is 2.26. The summed E-state index contributed by atoms with van der Waals surface area (Å²) in [6, 6.07) is 0.941. The molecule has 0 atom stereocenters. The van der Waals surface area contributed by atoms with Gasteiger partial charge in [-0.15, -0.1) is 13.2 Å². The van der Waals surface area contributed by atoms with Gasteiger partial charge in [0.25, 0.3) is 9.05 Å². The van der Waals surface area contributed by atoms with Crippen molar-refractivity contribution in [3.63, 3.8) is 0 Å². The number of nitrogens with zero attached hydrogens (tertiary/aromatic N) is 1. The van der Waals surface area contributed by atoms with Gasteiger partial charge >= 0.3 is 6.36 Å². The van der Waals surface area contributed by atoms with Crippen LogP contribution in [0.2, 0.25) is 0 Å². The maximum Gasteiger partial charge on any atom is 0.574 e. The second-order valence-corrected chi connectivity index (χ2v) is 5.34. The third-order valence-electron chi connectivity index (χ3n) is 1.50. The number of halogens is 4. The fourth-order valence-corrected chi connectivity index (χ4v) is 1.64. The van der Waals surface area contributed by atoms with E-state index in [1.165, 1.54) is 6.92 Å². The Morgan fingerprint density at radius 3 is 2.38 bits per heavy atom. The summed E-state index contributed by atoms with van der Waals surface area (Å²) in [7, 11) is 0.972. The molecular weight excluding hydrogens is 271 g/mol. The molecule has 0 aromatic carbocycles. The summed E-state index contributed by atoms with van der Waals surface area (Å²) >= 11 is 0. The van der Waals surface area contributed by atoms with E-state index in [2.05, 4.69) is 9.72 Å². The highest BCUT2D eigenvalue weighted by molar-refractivity contribution is 8.13. The van der Waals surface area contributed by atoms with Crippen molar-refractivity contribution in [1.29, 1.82) is 0 Å². The molecule has 0 bridgehead atoms. The highest BCUT2D eigenvalue weighted by atomic mass is 35.7. The standard InChI is InChI=1S/C7H5ClF3NO3S/c1-4-2-5(16(8,13)14)3-12-6(4)15-7(9,10)11/h2-3H,1H3. The monoisotopic (exact) mass is 275 g/mol. The first-order valence-electron chi connectivity index (χ1n) is 3.76. The Morgan fingerprint density at radius 2 is 2.00 bits per heavy atom. The minimum Gasteiger partial charge on any atom is -0.388 e. The molecule has 0 radical (unpaired) electrons. The fourth-order valence-electron chi connectivity index (χ4n) is 0.886. The molecule has 0 amide bonds. The van der Waals surface area contributed by atoms with Crippen LogP contribution in [0.15, 0.2) is 17.2 Å². The molecule has 0 spiro atoms. The minimum atomic E-state index is -4.88. The predicted molar refractivity (Wildman–Crippen MR) is 48.7 cm³/mol. The summed E-state index contributed by atoms with van der Waals surface area (Å²) in [5.41, 5.74) is -0.0842. The van der Waals surface area contributed by atoms with E-state index in [0.29, 0.717) is 6.20 Å². The first-order valence-corrected chi connectivity index (χ1v) is 6.07. The topological polar surface area (TPSA) is 56.3 Å². The van der Waals surface area contributed by atoms with Crippen LogP contribution in [0.1, 0.15) is 5.56 Å². The molecule has 0 saturated carbocycles.